The Bertz CT molecular complexity index is 950. The van der Waals surface area contributed by atoms with Crippen LogP contribution in [0, 0.1) is 13.8 Å². The molecule has 0 heterocycles. The molecule has 0 bridgehead atoms. The Morgan fingerprint density at radius 1 is 1.06 bits per heavy atom. The summed E-state index contributed by atoms with van der Waals surface area (Å²) < 4.78 is 0. The number of phenols is 1. The maximum atomic E-state index is 13.1. The number of amides is 2. The molecule has 0 aliphatic carbocycles. The third kappa shape index (κ3) is 6.59. The number of aromatic hydroxyl groups is 1. The Hall–Kier alpha value is -2.82. The highest BCUT2D eigenvalue weighted by molar-refractivity contribution is 5.97. The SMILES string of the molecule is CCCCCC(CC(=O)Nc1cc(C(N)=O)ccc1C(C)(C)C)c1cc(C)c(O)c(C)c1. The number of benzene rings is 2. The van der Waals surface area contributed by atoms with E-state index in [1.807, 2.05) is 32.0 Å². The minimum Gasteiger partial charge on any atom is -0.507 e. The van der Waals surface area contributed by atoms with Crippen molar-refractivity contribution >= 4 is 17.5 Å². The smallest absolute Gasteiger partial charge is 0.248 e. The predicted molar refractivity (Wildman–Crippen MR) is 131 cm³/mol. The van der Waals surface area contributed by atoms with Crippen LogP contribution >= 0.6 is 0 Å². The van der Waals surface area contributed by atoms with Gasteiger partial charge in [-0.15, -0.1) is 0 Å². The summed E-state index contributed by atoms with van der Waals surface area (Å²) in [5.41, 5.74) is 9.94. The summed E-state index contributed by atoms with van der Waals surface area (Å²) in [7, 11) is 0. The summed E-state index contributed by atoms with van der Waals surface area (Å²) in [4.78, 5) is 24.8. The van der Waals surface area contributed by atoms with Gasteiger partial charge in [-0.1, -0.05) is 65.2 Å². The highest BCUT2D eigenvalue weighted by Crippen LogP contribution is 2.34. The highest BCUT2D eigenvalue weighted by Gasteiger charge is 2.23. The maximum absolute atomic E-state index is 13.1. The molecule has 2 amide bonds. The Morgan fingerprint density at radius 3 is 2.22 bits per heavy atom. The zero-order valence-electron chi connectivity index (χ0n) is 20.3. The van der Waals surface area contributed by atoms with Gasteiger partial charge in [0.1, 0.15) is 5.75 Å². The Morgan fingerprint density at radius 2 is 1.69 bits per heavy atom. The van der Waals surface area contributed by atoms with E-state index in [9.17, 15) is 14.7 Å². The molecule has 0 fully saturated rings. The molecule has 0 spiro atoms. The van der Waals surface area contributed by atoms with Crippen molar-refractivity contribution in [2.75, 3.05) is 5.32 Å². The Kier molecular flexibility index (Phi) is 8.48. The van der Waals surface area contributed by atoms with Crippen molar-refractivity contribution in [1.29, 1.82) is 0 Å². The monoisotopic (exact) mass is 438 g/mol. The Labute approximate surface area is 192 Å². The van der Waals surface area contributed by atoms with Crippen LogP contribution in [0.5, 0.6) is 5.75 Å². The van der Waals surface area contributed by atoms with Gasteiger partial charge in [0, 0.05) is 17.7 Å². The van der Waals surface area contributed by atoms with E-state index in [1.165, 1.54) is 0 Å². The summed E-state index contributed by atoms with van der Waals surface area (Å²) >= 11 is 0. The highest BCUT2D eigenvalue weighted by atomic mass is 16.3. The van der Waals surface area contributed by atoms with Crippen LogP contribution in [0.4, 0.5) is 5.69 Å². The molecule has 5 nitrogen and oxygen atoms in total. The molecule has 0 aromatic heterocycles. The molecular weight excluding hydrogens is 400 g/mol. The molecular formula is C27H38N2O3. The molecule has 174 valence electrons. The van der Waals surface area contributed by atoms with Crippen molar-refractivity contribution in [2.45, 2.75) is 85.0 Å². The molecule has 2 rings (SSSR count). The summed E-state index contributed by atoms with van der Waals surface area (Å²) in [5.74, 6) is -0.254. The number of aryl methyl sites for hydroxylation is 2. The van der Waals surface area contributed by atoms with Crippen LogP contribution in [-0.2, 0) is 10.2 Å². The molecule has 1 atom stereocenters. The average Bonchev–Trinajstić information content (AvgIpc) is 2.70. The predicted octanol–water partition coefficient (Wildman–Crippen LogP) is 6.10. The van der Waals surface area contributed by atoms with Gasteiger partial charge in [0.25, 0.3) is 0 Å². The van der Waals surface area contributed by atoms with Crippen molar-refractivity contribution in [3.05, 3.63) is 58.1 Å². The topological polar surface area (TPSA) is 92.4 Å². The molecule has 0 saturated carbocycles. The molecule has 5 heteroatoms. The normalized spacial score (nSPS) is 12.4. The number of carbonyl (C=O) groups excluding carboxylic acids is 2. The lowest BCUT2D eigenvalue weighted by Gasteiger charge is -2.24. The third-order valence-corrected chi connectivity index (χ3v) is 5.96. The standard InChI is InChI=1S/C27H38N2O3/c1-7-8-9-10-19(21-13-17(2)25(31)18(3)14-21)16-24(30)29-23-15-20(26(28)32)11-12-22(23)27(4,5)6/h11-15,19,31H,7-10,16H2,1-6H3,(H2,28,32)(H,29,30). The molecule has 0 radical (unpaired) electrons. The van der Waals surface area contributed by atoms with E-state index in [4.69, 9.17) is 5.73 Å². The second kappa shape index (κ2) is 10.7. The number of nitrogens with one attached hydrogen (secondary N) is 1. The number of phenolic OH excluding ortho intramolecular Hbond substituents is 1. The van der Waals surface area contributed by atoms with E-state index in [1.54, 1.807) is 12.1 Å². The van der Waals surface area contributed by atoms with Crippen LogP contribution in [0.25, 0.3) is 0 Å². The minimum atomic E-state index is -0.520. The van der Waals surface area contributed by atoms with Crippen LogP contribution < -0.4 is 11.1 Å². The fourth-order valence-electron chi connectivity index (χ4n) is 4.13. The van der Waals surface area contributed by atoms with E-state index in [2.05, 4.69) is 33.0 Å². The molecule has 2 aromatic carbocycles. The lowest BCUT2D eigenvalue weighted by Crippen LogP contribution is -2.21. The van der Waals surface area contributed by atoms with E-state index in [0.29, 0.717) is 23.4 Å². The number of anilines is 1. The fraction of sp³-hybridized carbons (Fsp3) is 0.481. The maximum Gasteiger partial charge on any atom is 0.248 e. The minimum absolute atomic E-state index is 0.0527. The third-order valence-electron chi connectivity index (χ3n) is 5.96. The van der Waals surface area contributed by atoms with Gasteiger partial charge < -0.3 is 16.2 Å². The lowest BCUT2D eigenvalue weighted by molar-refractivity contribution is -0.116. The van der Waals surface area contributed by atoms with Gasteiger partial charge in [0.15, 0.2) is 0 Å². The largest absolute Gasteiger partial charge is 0.507 e. The van der Waals surface area contributed by atoms with Crippen molar-refractivity contribution in [1.82, 2.24) is 0 Å². The summed E-state index contributed by atoms with van der Waals surface area (Å²) in [6.45, 7) is 12.1. The van der Waals surface area contributed by atoms with Crippen LogP contribution in [0.1, 0.15) is 98.3 Å². The molecule has 2 aromatic rings. The second-order valence-corrected chi connectivity index (χ2v) is 9.82. The number of hydrogen-bond donors (Lipinski definition) is 3. The zero-order valence-corrected chi connectivity index (χ0v) is 20.3. The number of rotatable bonds is 9. The van der Waals surface area contributed by atoms with E-state index >= 15 is 0 Å². The first-order valence-corrected chi connectivity index (χ1v) is 11.5. The van der Waals surface area contributed by atoms with Crippen molar-refractivity contribution in [3.63, 3.8) is 0 Å². The molecule has 0 aliphatic rings. The van der Waals surface area contributed by atoms with Crippen molar-refractivity contribution in [2.24, 2.45) is 5.73 Å². The fourth-order valence-corrected chi connectivity index (χ4v) is 4.13. The quantitative estimate of drug-likeness (QED) is 0.413. The molecule has 0 aliphatic heterocycles. The molecule has 32 heavy (non-hydrogen) atoms. The van der Waals surface area contributed by atoms with Gasteiger partial charge in [-0.25, -0.2) is 0 Å². The van der Waals surface area contributed by atoms with Crippen molar-refractivity contribution < 1.29 is 14.7 Å². The first-order chi connectivity index (χ1) is 14.9. The zero-order chi connectivity index (χ0) is 24.1. The number of nitrogens with two attached hydrogens (primary N) is 1. The number of unbranched alkanes of at least 4 members (excludes halogenated alkanes) is 2. The number of carbonyl (C=O) groups is 2. The van der Waals surface area contributed by atoms with Gasteiger partial charge in [-0.05, 0) is 66.0 Å². The van der Waals surface area contributed by atoms with E-state index in [-0.39, 0.29) is 17.2 Å². The molecule has 0 saturated heterocycles. The number of hydrogen-bond acceptors (Lipinski definition) is 3. The van der Waals surface area contributed by atoms with Crippen molar-refractivity contribution in [3.8, 4) is 5.75 Å². The van der Waals surface area contributed by atoms with Crippen LogP contribution in [0.15, 0.2) is 30.3 Å². The summed E-state index contributed by atoms with van der Waals surface area (Å²) in [6, 6.07) is 9.21. The van der Waals surface area contributed by atoms with Crippen LogP contribution in [0.3, 0.4) is 0 Å². The Balaban J connectivity index is 2.32. The van der Waals surface area contributed by atoms with Crippen LogP contribution in [0.2, 0.25) is 0 Å². The molecule has 1 unspecified atom stereocenters. The van der Waals surface area contributed by atoms with Gasteiger partial charge in [0.05, 0.1) is 0 Å². The van der Waals surface area contributed by atoms with E-state index in [0.717, 1.165) is 47.9 Å². The van der Waals surface area contributed by atoms with E-state index < -0.39 is 5.91 Å². The van der Waals surface area contributed by atoms with Gasteiger partial charge >= 0.3 is 0 Å². The molecule has 4 N–H and O–H groups in total. The van der Waals surface area contributed by atoms with Gasteiger partial charge in [0.2, 0.25) is 11.8 Å². The summed E-state index contributed by atoms with van der Waals surface area (Å²) in [5, 5.41) is 13.2. The first-order valence-electron chi connectivity index (χ1n) is 11.5. The average molecular weight is 439 g/mol. The van der Waals surface area contributed by atoms with Gasteiger partial charge in [-0.3, -0.25) is 9.59 Å². The number of primary amides is 1. The van der Waals surface area contributed by atoms with Crippen LogP contribution in [-0.4, -0.2) is 16.9 Å². The summed E-state index contributed by atoms with van der Waals surface area (Å²) in [6.07, 6.45) is 4.50. The first kappa shape index (κ1) is 25.4. The van der Waals surface area contributed by atoms with Gasteiger partial charge in [-0.2, -0.15) is 0 Å². The lowest BCUT2D eigenvalue weighted by atomic mass is 9.84. The second-order valence-electron chi connectivity index (χ2n) is 9.82.